The lowest BCUT2D eigenvalue weighted by Gasteiger charge is -2.16. The van der Waals surface area contributed by atoms with Crippen LogP contribution in [0, 0.1) is 0 Å². The molecule has 102 valence electrons. The summed E-state index contributed by atoms with van der Waals surface area (Å²) in [6.07, 6.45) is 1.96. The Morgan fingerprint density at radius 3 is 2.74 bits per heavy atom. The Morgan fingerprint density at radius 1 is 1.53 bits per heavy atom. The van der Waals surface area contributed by atoms with Gasteiger partial charge in [0.2, 0.25) is 0 Å². The second-order valence-electron chi connectivity index (χ2n) is 3.77. The van der Waals surface area contributed by atoms with Gasteiger partial charge in [-0.2, -0.15) is 0 Å². The van der Waals surface area contributed by atoms with Crippen molar-refractivity contribution in [3.63, 3.8) is 0 Å². The molecular weight excluding hydrogens is 270 g/mol. The number of nitrogens with two attached hydrogens (primary N) is 1. The molecular formula is C13H14ClNO4. The molecule has 0 fully saturated rings. The lowest BCUT2D eigenvalue weighted by atomic mass is 10.1. The molecule has 1 aromatic carbocycles. The molecule has 0 aromatic heterocycles. The first-order chi connectivity index (χ1) is 8.93. The quantitative estimate of drug-likeness (QED) is 0.782. The fraction of sp³-hybridized carbons (Fsp3) is 0.231. The van der Waals surface area contributed by atoms with Gasteiger partial charge in [0.25, 0.3) is 5.91 Å². The van der Waals surface area contributed by atoms with E-state index >= 15 is 0 Å². The Kier molecular flexibility index (Phi) is 5.38. The fourth-order valence-corrected chi connectivity index (χ4v) is 1.59. The van der Waals surface area contributed by atoms with E-state index in [1.165, 1.54) is 6.08 Å². The first-order valence-electron chi connectivity index (χ1n) is 5.60. The average Bonchev–Trinajstić information content (AvgIpc) is 2.34. The number of carbonyl (C=O) groups is 2. The van der Waals surface area contributed by atoms with Crippen LogP contribution in [0.4, 0.5) is 0 Å². The van der Waals surface area contributed by atoms with Crippen LogP contribution in [0.25, 0.3) is 6.08 Å². The number of benzene rings is 1. The lowest BCUT2D eigenvalue weighted by molar-refractivity contribution is -0.131. The van der Waals surface area contributed by atoms with Crippen molar-refractivity contribution in [2.24, 2.45) is 5.73 Å². The van der Waals surface area contributed by atoms with Gasteiger partial charge >= 0.3 is 5.97 Å². The number of aliphatic carboxylic acids is 1. The Bertz CT molecular complexity index is 513. The third kappa shape index (κ3) is 4.63. The van der Waals surface area contributed by atoms with E-state index in [0.29, 0.717) is 22.8 Å². The molecule has 0 bridgehead atoms. The van der Waals surface area contributed by atoms with Crippen LogP contribution in [0.15, 0.2) is 24.3 Å². The molecule has 0 aliphatic heterocycles. The third-order valence-electron chi connectivity index (χ3n) is 2.33. The van der Waals surface area contributed by atoms with Crippen molar-refractivity contribution >= 4 is 29.6 Å². The monoisotopic (exact) mass is 283 g/mol. The summed E-state index contributed by atoms with van der Waals surface area (Å²) in [6.45, 7) is 1.76. The van der Waals surface area contributed by atoms with E-state index in [9.17, 15) is 9.59 Å². The number of hydrogen-bond donors (Lipinski definition) is 2. The highest BCUT2D eigenvalue weighted by atomic mass is 35.5. The average molecular weight is 284 g/mol. The fourth-order valence-electron chi connectivity index (χ4n) is 1.41. The number of rotatable bonds is 6. The Balaban J connectivity index is 3.05. The van der Waals surface area contributed by atoms with Crippen molar-refractivity contribution in [3.8, 4) is 5.75 Å². The summed E-state index contributed by atoms with van der Waals surface area (Å²) in [6, 6.07) is 4.70. The standard InChI is InChI=1S/C13H14ClNO4/c1-2-10(13(15)18)19-11-5-4-9(14)7-8(11)3-6-12(16)17/h3-7,10H,2H2,1H3,(H2,15,18)(H,16,17). The maximum Gasteiger partial charge on any atom is 0.328 e. The number of ether oxygens (including phenoxy) is 1. The number of hydrogen-bond acceptors (Lipinski definition) is 3. The highest BCUT2D eigenvalue weighted by Gasteiger charge is 2.16. The summed E-state index contributed by atoms with van der Waals surface area (Å²) in [5.74, 6) is -1.31. The van der Waals surface area contributed by atoms with Gasteiger partial charge in [-0.3, -0.25) is 4.79 Å². The van der Waals surface area contributed by atoms with E-state index in [2.05, 4.69) is 0 Å². The van der Waals surface area contributed by atoms with Crippen LogP contribution in [0.5, 0.6) is 5.75 Å². The van der Waals surface area contributed by atoms with Gasteiger partial charge in [-0.15, -0.1) is 0 Å². The summed E-state index contributed by atoms with van der Waals surface area (Å²) in [4.78, 5) is 21.7. The first kappa shape index (κ1) is 15.0. The van der Waals surface area contributed by atoms with E-state index in [1.54, 1.807) is 25.1 Å². The zero-order valence-electron chi connectivity index (χ0n) is 10.3. The number of carboxylic acid groups (broad SMARTS) is 1. The van der Waals surface area contributed by atoms with Gasteiger partial charge < -0.3 is 15.6 Å². The normalized spacial score (nSPS) is 12.3. The second kappa shape index (κ2) is 6.80. The van der Waals surface area contributed by atoms with Crippen LogP contribution >= 0.6 is 11.6 Å². The zero-order valence-corrected chi connectivity index (χ0v) is 11.1. The van der Waals surface area contributed by atoms with Gasteiger partial charge in [-0.1, -0.05) is 18.5 Å². The van der Waals surface area contributed by atoms with Crippen LogP contribution in [0.2, 0.25) is 5.02 Å². The van der Waals surface area contributed by atoms with Crippen molar-refractivity contribution in [3.05, 3.63) is 34.9 Å². The molecule has 0 radical (unpaired) electrons. The van der Waals surface area contributed by atoms with E-state index < -0.39 is 18.0 Å². The lowest BCUT2D eigenvalue weighted by Crippen LogP contribution is -2.33. The zero-order chi connectivity index (χ0) is 14.4. The smallest absolute Gasteiger partial charge is 0.328 e. The van der Waals surface area contributed by atoms with Crippen LogP contribution in [-0.2, 0) is 9.59 Å². The predicted molar refractivity (Wildman–Crippen MR) is 72.0 cm³/mol. The topological polar surface area (TPSA) is 89.6 Å². The molecule has 0 spiro atoms. The molecule has 0 saturated heterocycles. The summed E-state index contributed by atoms with van der Waals surface area (Å²) in [7, 11) is 0. The van der Waals surface area contributed by atoms with Crippen LogP contribution < -0.4 is 10.5 Å². The summed E-state index contributed by atoms with van der Waals surface area (Å²) < 4.78 is 5.47. The molecule has 0 aliphatic rings. The molecule has 1 rings (SSSR count). The van der Waals surface area contributed by atoms with E-state index in [1.807, 2.05) is 0 Å². The first-order valence-corrected chi connectivity index (χ1v) is 5.98. The van der Waals surface area contributed by atoms with Crippen LogP contribution in [-0.4, -0.2) is 23.1 Å². The summed E-state index contributed by atoms with van der Waals surface area (Å²) in [5.41, 5.74) is 5.66. The molecule has 1 aromatic rings. The van der Waals surface area contributed by atoms with Gasteiger partial charge in [0, 0.05) is 16.7 Å². The molecule has 1 atom stereocenters. The van der Waals surface area contributed by atoms with E-state index in [4.69, 9.17) is 27.2 Å². The van der Waals surface area contributed by atoms with Crippen molar-refractivity contribution in [2.45, 2.75) is 19.4 Å². The van der Waals surface area contributed by atoms with Gasteiger partial charge in [0.05, 0.1) is 0 Å². The van der Waals surface area contributed by atoms with Crippen LogP contribution in [0.1, 0.15) is 18.9 Å². The highest BCUT2D eigenvalue weighted by molar-refractivity contribution is 6.30. The third-order valence-corrected chi connectivity index (χ3v) is 2.57. The Hall–Kier alpha value is -2.01. The van der Waals surface area contributed by atoms with E-state index in [0.717, 1.165) is 6.08 Å². The molecule has 6 heteroatoms. The van der Waals surface area contributed by atoms with Crippen LogP contribution in [0.3, 0.4) is 0 Å². The number of primary amides is 1. The number of carboxylic acids is 1. The molecule has 5 nitrogen and oxygen atoms in total. The number of halogens is 1. The Morgan fingerprint density at radius 2 is 2.21 bits per heavy atom. The highest BCUT2D eigenvalue weighted by Crippen LogP contribution is 2.25. The molecule has 1 amide bonds. The summed E-state index contributed by atoms with van der Waals surface area (Å²) >= 11 is 5.84. The molecule has 3 N–H and O–H groups in total. The maximum atomic E-state index is 11.1. The van der Waals surface area contributed by atoms with Gasteiger partial charge in [-0.05, 0) is 30.7 Å². The van der Waals surface area contributed by atoms with Crippen molar-refractivity contribution in [2.75, 3.05) is 0 Å². The van der Waals surface area contributed by atoms with Gasteiger partial charge in [-0.25, -0.2) is 4.79 Å². The number of amides is 1. The molecule has 0 aliphatic carbocycles. The molecule has 0 heterocycles. The minimum absolute atomic E-state index is 0.354. The van der Waals surface area contributed by atoms with Gasteiger partial charge in [0.1, 0.15) is 5.75 Å². The largest absolute Gasteiger partial charge is 0.480 e. The maximum absolute atomic E-state index is 11.1. The second-order valence-corrected chi connectivity index (χ2v) is 4.21. The molecule has 0 saturated carbocycles. The van der Waals surface area contributed by atoms with Gasteiger partial charge in [0.15, 0.2) is 6.10 Å². The molecule has 19 heavy (non-hydrogen) atoms. The van der Waals surface area contributed by atoms with E-state index in [-0.39, 0.29) is 0 Å². The van der Waals surface area contributed by atoms with Crippen molar-refractivity contribution < 1.29 is 19.4 Å². The summed E-state index contributed by atoms with van der Waals surface area (Å²) in [5, 5.41) is 9.05. The Labute approximate surface area is 115 Å². The van der Waals surface area contributed by atoms with Crippen molar-refractivity contribution in [1.29, 1.82) is 0 Å². The predicted octanol–water partition coefficient (Wildman–Crippen LogP) is 2.08. The molecule has 1 unspecified atom stereocenters. The van der Waals surface area contributed by atoms with Crippen molar-refractivity contribution in [1.82, 2.24) is 0 Å². The SMILES string of the molecule is CCC(Oc1ccc(Cl)cc1C=CC(=O)O)C(N)=O. The number of carbonyl (C=O) groups excluding carboxylic acids is 1. The minimum atomic E-state index is -1.09. The minimum Gasteiger partial charge on any atom is -0.480 e.